The third kappa shape index (κ3) is 4.49. The van der Waals surface area contributed by atoms with Gasteiger partial charge in [0.05, 0.1) is 11.1 Å². The van der Waals surface area contributed by atoms with Crippen LogP contribution in [-0.2, 0) is 11.2 Å². The van der Waals surface area contributed by atoms with Gasteiger partial charge in [-0.2, -0.15) is 0 Å². The number of nitrogens with one attached hydrogen (secondary N) is 1. The van der Waals surface area contributed by atoms with Gasteiger partial charge in [0.15, 0.2) is 0 Å². The highest BCUT2D eigenvalue weighted by Gasteiger charge is 2.35. The van der Waals surface area contributed by atoms with E-state index in [1.807, 2.05) is 12.1 Å². The molecule has 0 atom stereocenters. The highest BCUT2D eigenvalue weighted by molar-refractivity contribution is 5.92. The summed E-state index contributed by atoms with van der Waals surface area (Å²) in [4.78, 5) is 11.9. The molecule has 1 aromatic carbocycles. The predicted molar refractivity (Wildman–Crippen MR) is 83.4 cm³/mol. The Morgan fingerprint density at radius 1 is 1.20 bits per heavy atom. The van der Waals surface area contributed by atoms with Crippen LogP contribution in [0.4, 0.5) is 0 Å². The van der Waals surface area contributed by atoms with E-state index in [2.05, 4.69) is 24.4 Å². The van der Waals surface area contributed by atoms with Crippen molar-refractivity contribution in [2.75, 3.05) is 0 Å². The van der Waals surface area contributed by atoms with Gasteiger partial charge in [-0.25, -0.2) is 0 Å². The van der Waals surface area contributed by atoms with Crippen LogP contribution in [0.2, 0.25) is 0 Å². The Morgan fingerprint density at radius 3 is 2.20 bits per heavy atom. The van der Waals surface area contributed by atoms with Crippen molar-refractivity contribution in [3.05, 3.63) is 41.5 Å². The van der Waals surface area contributed by atoms with Gasteiger partial charge < -0.3 is 10.4 Å². The van der Waals surface area contributed by atoms with E-state index in [1.165, 1.54) is 11.6 Å². The second-order valence-corrected chi connectivity index (χ2v) is 6.10. The molecule has 2 N–H and O–H groups in total. The van der Waals surface area contributed by atoms with Gasteiger partial charge >= 0.3 is 0 Å². The van der Waals surface area contributed by atoms with Crippen LogP contribution in [0.25, 0.3) is 6.08 Å². The molecule has 0 aliphatic rings. The predicted octanol–water partition coefficient (Wildman–Crippen LogP) is 2.93. The number of carbonyl (C=O) groups excluding carboxylic acids is 1. The Kier molecular flexibility index (Phi) is 5.12. The first kappa shape index (κ1) is 16.4. The lowest BCUT2D eigenvalue weighted by molar-refractivity contribution is -0.121. The van der Waals surface area contributed by atoms with Crippen molar-refractivity contribution in [2.24, 2.45) is 0 Å². The summed E-state index contributed by atoms with van der Waals surface area (Å²) in [5.41, 5.74) is 0.577. The maximum Gasteiger partial charge on any atom is 0.244 e. The Balaban J connectivity index is 2.68. The molecule has 1 amide bonds. The van der Waals surface area contributed by atoms with E-state index < -0.39 is 11.1 Å². The Hall–Kier alpha value is -1.61. The summed E-state index contributed by atoms with van der Waals surface area (Å²) in [6.45, 7) is 9.07. The number of amides is 1. The SMILES string of the molecule is CCc1ccc(/C=C/C(=O)NC(C)(C)C(C)(C)O)cc1. The number of rotatable bonds is 5. The summed E-state index contributed by atoms with van der Waals surface area (Å²) in [5.74, 6) is -0.211. The molecule has 3 nitrogen and oxygen atoms in total. The molecule has 0 fully saturated rings. The van der Waals surface area contributed by atoms with Crippen molar-refractivity contribution in [2.45, 2.75) is 52.2 Å². The van der Waals surface area contributed by atoms with Gasteiger partial charge in [0, 0.05) is 6.08 Å². The molecule has 1 rings (SSSR count). The van der Waals surface area contributed by atoms with Gasteiger partial charge in [0.2, 0.25) is 5.91 Å². The molecule has 0 aliphatic heterocycles. The first-order chi connectivity index (χ1) is 9.15. The van der Waals surface area contributed by atoms with E-state index in [0.29, 0.717) is 0 Å². The third-order valence-electron chi connectivity index (χ3n) is 3.78. The van der Waals surface area contributed by atoms with E-state index in [0.717, 1.165) is 12.0 Å². The highest BCUT2D eigenvalue weighted by atomic mass is 16.3. The van der Waals surface area contributed by atoms with Gasteiger partial charge in [-0.05, 0) is 51.3 Å². The zero-order valence-corrected chi connectivity index (χ0v) is 13.0. The number of hydrogen-bond donors (Lipinski definition) is 2. The minimum Gasteiger partial charge on any atom is -0.388 e. The monoisotopic (exact) mass is 275 g/mol. The highest BCUT2D eigenvalue weighted by Crippen LogP contribution is 2.20. The molecule has 0 spiro atoms. The number of hydrogen-bond acceptors (Lipinski definition) is 2. The van der Waals surface area contributed by atoms with E-state index >= 15 is 0 Å². The van der Waals surface area contributed by atoms with Crippen LogP contribution in [0.1, 0.15) is 45.7 Å². The second kappa shape index (κ2) is 6.23. The van der Waals surface area contributed by atoms with Crippen molar-refractivity contribution in [1.82, 2.24) is 5.32 Å². The molecule has 1 aromatic rings. The van der Waals surface area contributed by atoms with Crippen molar-refractivity contribution >= 4 is 12.0 Å². The fourth-order valence-electron chi connectivity index (χ4n) is 1.54. The average molecular weight is 275 g/mol. The maximum atomic E-state index is 11.9. The Labute approximate surface area is 121 Å². The largest absolute Gasteiger partial charge is 0.388 e. The van der Waals surface area contributed by atoms with Crippen molar-refractivity contribution < 1.29 is 9.90 Å². The van der Waals surface area contributed by atoms with Gasteiger partial charge in [-0.15, -0.1) is 0 Å². The summed E-state index contributed by atoms with van der Waals surface area (Å²) in [6, 6.07) is 8.09. The lowest BCUT2D eigenvalue weighted by atomic mass is 9.86. The molecule has 3 heteroatoms. The number of benzene rings is 1. The molecule has 0 unspecified atom stereocenters. The topological polar surface area (TPSA) is 49.3 Å². The Bertz CT molecular complexity index is 479. The van der Waals surface area contributed by atoms with Crippen LogP contribution in [0.5, 0.6) is 0 Å². The zero-order valence-electron chi connectivity index (χ0n) is 13.0. The fourth-order valence-corrected chi connectivity index (χ4v) is 1.54. The molecule has 110 valence electrons. The van der Waals surface area contributed by atoms with E-state index in [1.54, 1.807) is 33.8 Å². The van der Waals surface area contributed by atoms with Crippen molar-refractivity contribution in [3.63, 3.8) is 0 Å². The average Bonchev–Trinajstić information content (AvgIpc) is 2.35. The van der Waals surface area contributed by atoms with Crippen molar-refractivity contribution in [3.8, 4) is 0 Å². The van der Waals surface area contributed by atoms with Gasteiger partial charge in [-0.3, -0.25) is 4.79 Å². The molecular weight excluding hydrogens is 250 g/mol. The van der Waals surface area contributed by atoms with Gasteiger partial charge in [-0.1, -0.05) is 31.2 Å². The first-order valence-electron chi connectivity index (χ1n) is 6.97. The number of aliphatic hydroxyl groups is 1. The van der Waals surface area contributed by atoms with E-state index in [-0.39, 0.29) is 5.91 Å². The molecule has 0 radical (unpaired) electrons. The van der Waals surface area contributed by atoms with Crippen molar-refractivity contribution in [1.29, 1.82) is 0 Å². The van der Waals surface area contributed by atoms with Crippen LogP contribution in [-0.4, -0.2) is 22.2 Å². The first-order valence-corrected chi connectivity index (χ1v) is 6.97. The fraction of sp³-hybridized carbons (Fsp3) is 0.471. The summed E-state index contributed by atoms with van der Waals surface area (Å²) in [5, 5.41) is 12.8. The zero-order chi connectivity index (χ0) is 15.4. The lowest BCUT2D eigenvalue weighted by Gasteiger charge is -2.37. The number of aryl methyl sites for hydroxylation is 1. The van der Waals surface area contributed by atoms with Gasteiger partial charge in [0.1, 0.15) is 0 Å². The second-order valence-electron chi connectivity index (χ2n) is 6.10. The molecule has 0 aromatic heterocycles. The minimum atomic E-state index is -0.987. The quantitative estimate of drug-likeness (QED) is 0.812. The van der Waals surface area contributed by atoms with Gasteiger partial charge in [0.25, 0.3) is 0 Å². The van der Waals surface area contributed by atoms with Crippen LogP contribution >= 0.6 is 0 Å². The summed E-state index contributed by atoms with van der Waals surface area (Å²) < 4.78 is 0. The van der Waals surface area contributed by atoms with Crippen LogP contribution in [0, 0.1) is 0 Å². The normalized spacial score (nSPS) is 12.7. The lowest BCUT2D eigenvalue weighted by Crippen LogP contribution is -2.57. The molecule has 0 saturated heterocycles. The number of carbonyl (C=O) groups is 1. The minimum absolute atomic E-state index is 0.211. The molecular formula is C17H25NO2. The molecule has 0 saturated carbocycles. The summed E-state index contributed by atoms with van der Waals surface area (Å²) in [6.07, 6.45) is 4.27. The van der Waals surface area contributed by atoms with E-state index in [9.17, 15) is 9.90 Å². The standard InChI is InChI=1S/C17H25NO2/c1-6-13-7-9-14(10-8-13)11-12-15(19)18-16(2,3)17(4,5)20/h7-12,20H,6H2,1-5H3,(H,18,19)/b12-11+. The maximum absolute atomic E-state index is 11.9. The van der Waals surface area contributed by atoms with Crippen LogP contribution in [0.3, 0.4) is 0 Å². The van der Waals surface area contributed by atoms with Crippen LogP contribution < -0.4 is 5.32 Å². The Morgan fingerprint density at radius 2 is 1.75 bits per heavy atom. The summed E-state index contributed by atoms with van der Waals surface area (Å²) in [7, 11) is 0. The summed E-state index contributed by atoms with van der Waals surface area (Å²) >= 11 is 0. The smallest absolute Gasteiger partial charge is 0.244 e. The molecule has 0 bridgehead atoms. The molecule has 0 heterocycles. The third-order valence-corrected chi connectivity index (χ3v) is 3.78. The molecule has 20 heavy (non-hydrogen) atoms. The van der Waals surface area contributed by atoms with Crippen LogP contribution in [0.15, 0.2) is 30.3 Å². The molecule has 0 aliphatic carbocycles. The van der Waals surface area contributed by atoms with E-state index in [4.69, 9.17) is 0 Å².